The van der Waals surface area contributed by atoms with Crippen LogP contribution >= 0.6 is 11.3 Å². The Labute approximate surface area is 251 Å². The van der Waals surface area contributed by atoms with Crippen LogP contribution in [0.1, 0.15) is 65.2 Å². The zero-order chi connectivity index (χ0) is 29.6. The minimum Gasteiger partial charge on any atom is -0.429 e. The zero-order valence-corrected chi connectivity index (χ0v) is 25.1. The maximum Gasteiger partial charge on any atom is 0.298 e. The predicted octanol–water partition coefficient (Wildman–Crippen LogP) is 7.97. The van der Waals surface area contributed by atoms with E-state index in [0.717, 1.165) is 23.5 Å². The molecule has 4 aromatic heterocycles. The van der Waals surface area contributed by atoms with Crippen molar-refractivity contribution in [3.05, 3.63) is 60.9 Å². The molecule has 0 aliphatic carbocycles. The summed E-state index contributed by atoms with van der Waals surface area (Å²) in [5.41, 5.74) is 3.12. The van der Waals surface area contributed by atoms with Crippen LogP contribution in [0.2, 0.25) is 0 Å². The molecule has 9 heteroatoms. The minimum atomic E-state index is 0.306. The van der Waals surface area contributed by atoms with Crippen LogP contribution in [-0.4, -0.2) is 41.0 Å². The van der Waals surface area contributed by atoms with Gasteiger partial charge in [0, 0.05) is 48.6 Å². The van der Waals surface area contributed by atoms with Crippen molar-refractivity contribution in [3.8, 4) is 44.7 Å². The lowest BCUT2D eigenvalue weighted by molar-refractivity contribution is -0.121. The first-order valence-corrected chi connectivity index (χ1v) is 15.5. The Morgan fingerprint density at radius 3 is 1.93 bits per heavy atom. The van der Waals surface area contributed by atoms with Gasteiger partial charge in [0.25, 0.3) is 12.9 Å². The molecule has 0 radical (unpaired) electrons. The third-order valence-corrected chi connectivity index (χ3v) is 8.13. The fourth-order valence-electron chi connectivity index (χ4n) is 4.74. The number of ether oxygens (including phenoxy) is 2. The van der Waals surface area contributed by atoms with Crippen LogP contribution in [0, 0.1) is 0 Å². The van der Waals surface area contributed by atoms with Gasteiger partial charge in [0.05, 0.1) is 27.8 Å². The molecule has 4 heterocycles. The second-order valence-corrected chi connectivity index (χ2v) is 11.1. The normalized spacial score (nSPS) is 10.8. The van der Waals surface area contributed by atoms with Crippen LogP contribution in [0.15, 0.2) is 60.9 Å². The summed E-state index contributed by atoms with van der Waals surface area (Å²) in [6, 6.07) is 14.9. The first-order valence-electron chi connectivity index (χ1n) is 14.7. The first-order chi connectivity index (χ1) is 20.6. The highest BCUT2D eigenvalue weighted by Gasteiger charge is 2.14. The quantitative estimate of drug-likeness (QED) is 0.0856. The fourth-order valence-corrected chi connectivity index (χ4v) is 5.79. The molecule has 0 amide bonds. The summed E-state index contributed by atoms with van der Waals surface area (Å²) in [6.07, 6.45) is 13.3. The molecule has 42 heavy (non-hydrogen) atoms. The van der Waals surface area contributed by atoms with E-state index in [-0.39, 0.29) is 0 Å². The van der Waals surface area contributed by atoms with Crippen LogP contribution in [0.25, 0.3) is 33.2 Å². The average Bonchev–Trinajstić information content (AvgIpc) is 3.51. The zero-order valence-electron chi connectivity index (χ0n) is 24.3. The Hall–Kier alpha value is -4.11. The maximum atomic E-state index is 11.2. The number of unbranched alkanes of at least 4 members (excludes halogenated alkanes) is 6. The van der Waals surface area contributed by atoms with Gasteiger partial charge in [-0.1, -0.05) is 52.4 Å². The van der Waals surface area contributed by atoms with Crippen molar-refractivity contribution in [2.75, 3.05) is 18.0 Å². The summed E-state index contributed by atoms with van der Waals surface area (Å²) < 4.78 is 10.1. The molecule has 220 valence electrons. The van der Waals surface area contributed by atoms with Crippen molar-refractivity contribution in [1.29, 1.82) is 0 Å². The molecule has 0 spiro atoms. The van der Waals surface area contributed by atoms with Crippen molar-refractivity contribution in [2.24, 2.45) is 0 Å². The van der Waals surface area contributed by atoms with Crippen molar-refractivity contribution in [1.82, 2.24) is 15.0 Å². The molecular weight excluding hydrogens is 548 g/mol. The summed E-state index contributed by atoms with van der Waals surface area (Å²) in [4.78, 5) is 39.3. The highest BCUT2D eigenvalue weighted by Crippen LogP contribution is 2.36. The standard InChI is InChI=1S/C33H38N4O4S/c1-3-5-7-9-17-37(18-10-8-6-4-2)33-12-11-32(42-33)25-13-15-34-28(19-25)30-21-27(41-24-39)22-31(36-30)29-20-26(40-23-38)14-16-35-29/h11-16,19-24H,3-10,17-18H2,1-2H3. The maximum absolute atomic E-state index is 11.2. The first kappa shape index (κ1) is 30.8. The lowest BCUT2D eigenvalue weighted by Crippen LogP contribution is -2.24. The molecule has 0 saturated carbocycles. The highest BCUT2D eigenvalue weighted by atomic mass is 32.1. The molecule has 0 aliphatic rings. The largest absolute Gasteiger partial charge is 0.429 e. The summed E-state index contributed by atoms with van der Waals surface area (Å²) in [5.74, 6) is 0.638. The van der Waals surface area contributed by atoms with Gasteiger partial charge in [0.15, 0.2) is 0 Å². The third kappa shape index (κ3) is 8.69. The van der Waals surface area contributed by atoms with Gasteiger partial charge < -0.3 is 14.4 Å². The molecule has 0 unspecified atom stereocenters. The molecular formula is C33H38N4O4S. The Balaban J connectivity index is 1.60. The lowest BCUT2D eigenvalue weighted by Gasteiger charge is -2.23. The Bertz CT molecular complexity index is 1430. The second-order valence-electron chi connectivity index (χ2n) is 10.1. The highest BCUT2D eigenvalue weighted by molar-refractivity contribution is 7.19. The molecule has 8 nitrogen and oxygen atoms in total. The number of rotatable bonds is 18. The molecule has 0 saturated heterocycles. The van der Waals surface area contributed by atoms with E-state index in [0.29, 0.717) is 47.2 Å². The van der Waals surface area contributed by atoms with Crippen LogP contribution < -0.4 is 14.4 Å². The smallest absolute Gasteiger partial charge is 0.298 e. The molecule has 0 fully saturated rings. The Morgan fingerprint density at radius 1 is 0.690 bits per heavy atom. The van der Waals surface area contributed by atoms with Crippen molar-refractivity contribution in [2.45, 2.75) is 65.2 Å². The monoisotopic (exact) mass is 586 g/mol. The van der Waals surface area contributed by atoms with Crippen molar-refractivity contribution in [3.63, 3.8) is 0 Å². The second kappa shape index (κ2) is 16.4. The molecule has 0 bridgehead atoms. The number of carbonyl (C=O) groups is 2. The number of anilines is 1. The molecule has 4 aromatic rings. The van der Waals surface area contributed by atoms with E-state index in [1.807, 2.05) is 12.1 Å². The minimum absolute atomic E-state index is 0.306. The Kier molecular flexibility index (Phi) is 12.0. The molecule has 0 aliphatic heterocycles. The van der Waals surface area contributed by atoms with Gasteiger partial charge >= 0.3 is 0 Å². The number of pyridine rings is 3. The summed E-state index contributed by atoms with van der Waals surface area (Å²) in [7, 11) is 0. The summed E-state index contributed by atoms with van der Waals surface area (Å²) in [6.45, 7) is 7.38. The molecule has 0 N–H and O–H groups in total. The SMILES string of the molecule is CCCCCCN(CCCCCC)c1ccc(-c2ccnc(-c3cc(OC=O)cc(-c4cc(OC=O)ccn4)n3)c2)s1. The lowest BCUT2D eigenvalue weighted by atomic mass is 10.1. The van der Waals surface area contributed by atoms with Crippen LogP contribution in [0.5, 0.6) is 11.5 Å². The van der Waals surface area contributed by atoms with E-state index in [9.17, 15) is 9.59 Å². The third-order valence-electron chi connectivity index (χ3n) is 6.93. The van der Waals surface area contributed by atoms with Gasteiger partial charge in [-0.3, -0.25) is 19.6 Å². The molecule has 0 atom stereocenters. The molecule has 4 rings (SSSR count). The number of hydrogen-bond donors (Lipinski definition) is 0. The topological polar surface area (TPSA) is 94.5 Å². The number of nitrogens with zero attached hydrogens (tertiary/aromatic N) is 4. The van der Waals surface area contributed by atoms with Crippen molar-refractivity contribution >= 4 is 29.3 Å². The van der Waals surface area contributed by atoms with Gasteiger partial charge in [-0.2, -0.15) is 0 Å². The predicted molar refractivity (Wildman–Crippen MR) is 168 cm³/mol. The number of hydrogen-bond acceptors (Lipinski definition) is 9. The van der Waals surface area contributed by atoms with Gasteiger partial charge in [-0.15, -0.1) is 11.3 Å². The number of thiophene rings is 1. The number of aromatic nitrogens is 3. The van der Waals surface area contributed by atoms with E-state index in [1.54, 1.807) is 41.8 Å². The van der Waals surface area contributed by atoms with Gasteiger partial charge in [0.1, 0.15) is 11.5 Å². The fraction of sp³-hybridized carbons (Fsp3) is 0.364. The van der Waals surface area contributed by atoms with E-state index >= 15 is 0 Å². The Morgan fingerprint density at radius 2 is 1.29 bits per heavy atom. The van der Waals surface area contributed by atoms with Gasteiger partial charge in [-0.05, 0) is 48.7 Å². The van der Waals surface area contributed by atoms with Crippen molar-refractivity contribution < 1.29 is 19.1 Å². The molecule has 0 aromatic carbocycles. The van der Waals surface area contributed by atoms with E-state index in [2.05, 4.69) is 40.8 Å². The van der Waals surface area contributed by atoms with Gasteiger partial charge in [-0.25, -0.2) is 4.98 Å². The van der Waals surface area contributed by atoms with Gasteiger partial charge in [0.2, 0.25) is 0 Å². The number of carbonyl (C=O) groups excluding carboxylic acids is 2. The summed E-state index contributed by atoms with van der Waals surface area (Å²) in [5, 5.41) is 1.29. The average molecular weight is 587 g/mol. The van der Waals surface area contributed by atoms with E-state index in [1.165, 1.54) is 62.6 Å². The van der Waals surface area contributed by atoms with Crippen LogP contribution in [0.3, 0.4) is 0 Å². The van der Waals surface area contributed by atoms with Crippen LogP contribution in [-0.2, 0) is 9.59 Å². The van der Waals surface area contributed by atoms with E-state index in [4.69, 9.17) is 14.5 Å². The van der Waals surface area contributed by atoms with Crippen LogP contribution in [0.4, 0.5) is 5.00 Å². The summed E-state index contributed by atoms with van der Waals surface area (Å²) >= 11 is 1.80. The van der Waals surface area contributed by atoms with E-state index < -0.39 is 0 Å².